The topological polar surface area (TPSA) is 67.9 Å². The number of nitrogens with one attached hydrogen (secondary N) is 1. The first kappa shape index (κ1) is 17.8. The summed E-state index contributed by atoms with van der Waals surface area (Å²) < 4.78 is 5.25. The average molecular weight is 324 g/mol. The van der Waals surface area contributed by atoms with E-state index >= 15 is 0 Å². The van der Waals surface area contributed by atoms with Crippen molar-refractivity contribution in [2.75, 3.05) is 6.54 Å². The fourth-order valence-electron chi connectivity index (χ4n) is 2.72. The molecule has 1 saturated heterocycles. The molecule has 2 aliphatic heterocycles. The Morgan fingerprint density at radius 1 is 1.22 bits per heavy atom. The van der Waals surface area contributed by atoms with Crippen molar-refractivity contribution in [3.8, 4) is 0 Å². The number of amides is 2. The lowest BCUT2D eigenvalue weighted by Crippen LogP contribution is -2.52. The molecule has 130 valence electrons. The molecule has 0 aromatic rings. The molecule has 0 radical (unpaired) electrons. The second kappa shape index (κ2) is 7.81. The number of unbranched alkanes of at least 4 members (excludes halogenated alkanes) is 2. The predicted molar refractivity (Wildman–Crippen MR) is 86.6 cm³/mol. The number of rotatable bonds is 6. The number of ether oxygens (including phenoxy) is 1. The van der Waals surface area contributed by atoms with Gasteiger partial charge in [0, 0.05) is 13.0 Å². The van der Waals surface area contributed by atoms with E-state index in [1.807, 2.05) is 32.9 Å². The zero-order chi connectivity index (χ0) is 16.9. The SMILES string of the molecule is CC(C)(C)OC(=O)CCCCCNC(=O)N1O[C@H]2C=C[C@H]1CC2. The van der Waals surface area contributed by atoms with Crippen LogP contribution in [-0.4, -0.2) is 41.4 Å². The molecule has 2 atom stereocenters. The average Bonchev–Trinajstić information content (AvgIpc) is 2.49. The minimum Gasteiger partial charge on any atom is -0.460 e. The zero-order valence-electron chi connectivity index (χ0n) is 14.3. The first-order valence-corrected chi connectivity index (χ1v) is 8.49. The smallest absolute Gasteiger partial charge is 0.341 e. The number of nitrogens with zero attached hydrogens (tertiary/aromatic N) is 1. The minimum absolute atomic E-state index is 0.0413. The first-order valence-electron chi connectivity index (χ1n) is 8.49. The van der Waals surface area contributed by atoms with Gasteiger partial charge in [-0.25, -0.2) is 4.79 Å². The summed E-state index contributed by atoms with van der Waals surface area (Å²) >= 11 is 0. The molecular formula is C17H28N2O4. The van der Waals surface area contributed by atoms with E-state index in [9.17, 15) is 9.59 Å². The van der Waals surface area contributed by atoms with Crippen LogP contribution in [0.3, 0.4) is 0 Å². The summed E-state index contributed by atoms with van der Waals surface area (Å²) in [6.07, 6.45) is 8.97. The lowest BCUT2D eigenvalue weighted by atomic mass is 9.98. The van der Waals surface area contributed by atoms with Gasteiger partial charge in [-0.2, -0.15) is 5.06 Å². The molecule has 0 aromatic carbocycles. The van der Waals surface area contributed by atoms with E-state index in [1.165, 1.54) is 5.06 Å². The van der Waals surface area contributed by atoms with Crippen molar-refractivity contribution in [1.29, 1.82) is 0 Å². The van der Waals surface area contributed by atoms with Gasteiger partial charge >= 0.3 is 12.0 Å². The van der Waals surface area contributed by atoms with Gasteiger partial charge < -0.3 is 10.1 Å². The van der Waals surface area contributed by atoms with E-state index in [-0.39, 0.29) is 24.1 Å². The van der Waals surface area contributed by atoms with Crippen LogP contribution in [0.15, 0.2) is 12.2 Å². The molecule has 6 nitrogen and oxygen atoms in total. The molecular weight excluding hydrogens is 296 g/mol. The molecule has 6 heteroatoms. The van der Waals surface area contributed by atoms with Crippen LogP contribution in [0.2, 0.25) is 0 Å². The van der Waals surface area contributed by atoms with Crippen LogP contribution in [0.25, 0.3) is 0 Å². The molecule has 0 saturated carbocycles. The molecule has 1 aliphatic carbocycles. The Labute approximate surface area is 138 Å². The minimum atomic E-state index is -0.423. The lowest BCUT2D eigenvalue weighted by Gasteiger charge is -2.39. The Kier molecular flexibility index (Phi) is 6.04. The van der Waals surface area contributed by atoms with Gasteiger partial charge in [0.05, 0.1) is 6.04 Å². The van der Waals surface area contributed by atoms with Gasteiger partial charge in [0.15, 0.2) is 0 Å². The highest BCUT2D eigenvalue weighted by molar-refractivity contribution is 5.74. The van der Waals surface area contributed by atoms with Crippen LogP contribution >= 0.6 is 0 Å². The number of esters is 1. The number of hydroxylamine groups is 2. The van der Waals surface area contributed by atoms with Crippen molar-refractivity contribution in [1.82, 2.24) is 10.4 Å². The number of carbonyl (C=O) groups is 2. The molecule has 0 aromatic heterocycles. The van der Waals surface area contributed by atoms with E-state index in [0.717, 1.165) is 32.1 Å². The normalized spacial score (nSPS) is 23.0. The van der Waals surface area contributed by atoms with Gasteiger partial charge in [-0.15, -0.1) is 0 Å². The summed E-state index contributed by atoms with van der Waals surface area (Å²) in [5.74, 6) is -0.161. The van der Waals surface area contributed by atoms with E-state index in [2.05, 4.69) is 5.32 Å². The van der Waals surface area contributed by atoms with Crippen molar-refractivity contribution in [3.63, 3.8) is 0 Å². The molecule has 1 N–H and O–H groups in total. The van der Waals surface area contributed by atoms with Gasteiger partial charge in [0.2, 0.25) is 0 Å². The Morgan fingerprint density at radius 2 is 2.00 bits per heavy atom. The summed E-state index contributed by atoms with van der Waals surface area (Å²) in [7, 11) is 0. The number of hydrogen-bond donors (Lipinski definition) is 1. The van der Waals surface area contributed by atoms with Gasteiger partial charge in [0.25, 0.3) is 0 Å². The third-order valence-electron chi connectivity index (χ3n) is 3.80. The van der Waals surface area contributed by atoms with Gasteiger partial charge in [-0.1, -0.05) is 18.6 Å². The maximum Gasteiger partial charge on any atom is 0.341 e. The summed E-state index contributed by atoms with van der Waals surface area (Å²) in [4.78, 5) is 29.2. The van der Waals surface area contributed by atoms with Crippen molar-refractivity contribution in [2.45, 2.75) is 77.0 Å². The molecule has 0 spiro atoms. The molecule has 2 amide bonds. The maximum absolute atomic E-state index is 12.1. The highest BCUT2D eigenvalue weighted by Crippen LogP contribution is 2.27. The molecule has 3 aliphatic rings. The van der Waals surface area contributed by atoms with Gasteiger partial charge in [-0.05, 0) is 46.5 Å². The molecule has 23 heavy (non-hydrogen) atoms. The predicted octanol–water partition coefficient (Wildman–Crippen LogP) is 2.93. The second-order valence-corrected chi connectivity index (χ2v) is 7.13. The fraction of sp³-hybridized carbons (Fsp3) is 0.765. The van der Waals surface area contributed by atoms with Crippen LogP contribution in [0.1, 0.15) is 59.3 Å². The Morgan fingerprint density at radius 3 is 2.57 bits per heavy atom. The van der Waals surface area contributed by atoms with Crippen molar-refractivity contribution in [3.05, 3.63) is 12.2 Å². The highest BCUT2D eigenvalue weighted by Gasteiger charge is 2.34. The zero-order valence-corrected chi connectivity index (χ0v) is 14.3. The summed E-state index contributed by atoms with van der Waals surface area (Å²) in [5.41, 5.74) is -0.423. The van der Waals surface area contributed by atoms with E-state index in [4.69, 9.17) is 9.57 Å². The van der Waals surface area contributed by atoms with E-state index in [0.29, 0.717) is 13.0 Å². The third-order valence-corrected chi connectivity index (χ3v) is 3.80. The fourth-order valence-corrected chi connectivity index (χ4v) is 2.72. The monoisotopic (exact) mass is 324 g/mol. The summed E-state index contributed by atoms with van der Waals surface area (Å²) in [6, 6.07) is -0.108. The van der Waals surface area contributed by atoms with Crippen LogP contribution in [0.4, 0.5) is 4.79 Å². The van der Waals surface area contributed by atoms with E-state index in [1.54, 1.807) is 0 Å². The molecule has 2 heterocycles. The lowest BCUT2D eigenvalue weighted by molar-refractivity contribution is -0.195. The van der Waals surface area contributed by atoms with Crippen LogP contribution in [0, 0.1) is 0 Å². The van der Waals surface area contributed by atoms with Crippen molar-refractivity contribution >= 4 is 12.0 Å². The molecule has 1 fully saturated rings. The second-order valence-electron chi connectivity index (χ2n) is 7.13. The number of urea groups is 1. The Bertz CT molecular complexity index is 456. The molecule has 3 rings (SSSR count). The quantitative estimate of drug-likeness (QED) is 0.463. The van der Waals surface area contributed by atoms with E-state index < -0.39 is 5.60 Å². The van der Waals surface area contributed by atoms with Crippen LogP contribution < -0.4 is 5.32 Å². The highest BCUT2D eigenvalue weighted by atomic mass is 16.7. The van der Waals surface area contributed by atoms with Crippen molar-refractivity contribution in [2.24, 2.45) is 0 Å². The van der Waals surface area contributed by atoms with Crippen LogP contribution in [0.5, 0.6) is 0 Å². The summed E-state index contributed by atoms with van der Waals surface area (Å²) in [5, 5.41) is 4.33. The number of fused-ring (bicyclic) bond motifs is 2. The third kappa shape index (κ3) is 5.86. The van der Waals surface area contributed by atoms with Crippen molar-refractivity contribution < 1.29 is 19.2 Å². The molecule has 2 bridgehead atoms. The van der Waals surface area contributed by atoms with Gasteiger partial charge in [-0.3, -0.25) is 9.63 Å². The molecule has 0 unspecified atom stereocenters. The first-order chi connectivity index (χ1) is 10.8. The Balaban J connectivity index is 1.53. The maximum atomic E-state index is 12.1. The largest absolute Gasteiger partial charge is 0.460 e. The summed E-state index contributed by atoms with van der Waals surface area (Å²) in [6.45, 7) is 6.19. The number of carbonyl (C=O) groups excluding carboxylic acids is 2. The van der Waals surface area contributed by atoms with Crippen LogP contribution in [-0.2, 0) is 14.4 Å². The number of hydrogen-bond acceptors (Lipinski definition) is 4. The Hall–Kier alpha value is -1.56. The van der Waals surface area contributed by atoms with Gasteiger partial charge in [0.1, 0.15) is 11.7 Å². The standard InChI is InChI=1S/C17H28N2O4/c1-17(2,3)22-15(20)7-5-4-6-12-18-16(21)19-13-8-10-14(23-19)11-9-13/h8,10,13-14H,4-7,9,11-12H2,1-3H3,(H,18,21)/t13-,14-/m0/s1.